The number of ether oxygens (including phenoxy) is 1. The zero-order chi connectivity index (χ0) is 22.2. The van der Waals surface area contributed by atoms with Crippen LogP contribution in [0.25, 0.3) is 0 Å². The number of amides is 2. The molecule has 31 heavy (non-hydrogen) atoms. The summed E-state index contributed by atoms with van der Waals surface area (Å²) < 4.78 is 18.7. The lowest BCUT2D eigenvalue weighted by Crippen LogP contribution is -2.25. The van der Waals surface area contributed by atoms with Gasteiger partial charge in [0.05, 0.1) is 6.42 Å². The first-order valence-electron chi connectivity index (χ1n) is 9.59. The van der Waals surface area contributed by atoms with Crippen LogP contribution >= 0.6 is 0 Å². The molecule has 158 valence electrons. The molecule has 0 saturated heterocycles. The SMILES string of the molecule is CC(=O)Oc1cccc(C(=O)Nc2cccc(CNC(=O)Cc3ccccc3F)c2)c1. The molecule has 0 aromatic heterocycles. The van der Waals surface area contributed by atoms with E-state index in [1.807, 2.05) is 0 Å². The fourth-order valence-corrected chi connectivity index (χ4v) is 2.91. The standard InChI is InChI=1S/C24H21FN2O4/c1-16(28)31-21-10-5-8-19(13-21)24(30)27-20-9-4-6-17(12-20)15-26-23(29)14-18-7-2-3-11-22(18)25/h2-13H,14-15H2,1H3,(H,26,29)(H,27,30). The van der Waals surface area contributed by atoms with Crippen LogP contribution in [0.1, 0.15) is 28.4 Å². The Morgan fingerprint density at radius 3 is 2.48 bits per heavy atom. The molecule has 0 spiro atoms. The number of rotatable bonds is 7. The Hall–Kier alpha value is -4.00. The monoisotopic (exact) mass is 420 g/mol. The maximum absolute atomic E-state index is 13.7. The topological polar surface area (TPSA) is 84.5 Å². The first-order valence-corrected chi connectivity index (χ1v) is 9.59. The summed E-state index contributed by atoms with van der Waals surface area (Å²) in [7, 11) is 0. The van der Waals surface area contributed by atoms with Gasteiger partial charge in [0, 0.05) is 24.7 Å². The van der Waals surface area contributed by atoms with E-state index in [4.69, 9.17) is 4.74 Å². The molecule has 0 aliphatic rings. The van der Waals surface area contributed by atoms with Crippen LogP contribution in [0.4, 0.5) is 10.1 Å². The summed E-state index contributed by atoms with van der Waals surface area (Å²) >= 11 is 0. The third-order valence-corrected chi connectivity index (χ3v) is 4.34. The second-order valence-electron chi connectivity index (χ2n) is 6.82. The Morgan fingerprint density at radius 1 is 0.935 bits per heavy atom. The van der Waals surface area contributed by atoms with E-state index < -0.39 is 11.8 Å². The molecule has 0 aliphatic heterocycles. The Labute approximate surface area is 179 Å². The molecule has 2 amide bonds. The minimum Gasteiger partial charge on any atom is -0.427 e. The molecule has 0 fully saturated rings. The summed E-state index contributed by atoms with van der Waals surface area (Å²) in [6, 6.07) is 19.4. The van der Waals surface area contributed by atoms with Crippen molar-refractivity contribution in [1.29, 1.82) is 0 Å². The molecular weight excluding hydrogens is 399 g/mol. The van der Waals surface area contributed by atoms with E-state index in [0.29, 0.717) is 16.8 Å². The van der Waals surface area contributed by atoms with Crippen molar-refractivity contribution < 1.29 is 23.5 Å². The van der Waals surface area contributed by atoms with Crippen LogP contribution < -0.4 is 15.4 Å². The predicted molar refractivity (Wildman–Crippen MR) is 114 cm³/mol. The number of nitrogens with one attached hydrogen (secondary N) is 2. The third kappa shape index (κ3) is 6.50. The summed E-state index contributed by atoms with van der Waals surface area (Å²) in [5.74, 6) is -1.27. The van der Waals surface area contributed by atoms with Gasteiger partial charge in [-0.2, -0.15) is 0 Å². The lowest BCUT2D eigenvalue weighted by molar-refractivity contribution is -0.131. The van der Waals surface area contributed by atoms with Crippen LogP contribution in [-0.4, -0.2) is 17.8 Å². The van der Waals surface area contributed by atoms with Gasteiger partial charge in [-0.1, -0.05) is 36.4 Å². The van der Waals surface area contributed by atoms with Gasteiger partial charge in [0.2, 0.25) is 5.91 Å². The van der Waals surface area contributed by atoms with Gasteiger partial charge >= 0.3 is 5.97 Å². The van der Waals surface area contributed by atoms with Crippen LogP contribution in [0.3, 0.4) is 0 Å². The van der Waals surface area contributed by atoms with E-state index in [0.717, 1.165) is 5.56 Å². The zero-order valence-electron chi connectivity index (χ0n) is 16.9. The second-order valence-corrected chi connectivity index (χ2v) is 6.82. The van der Waals surface area contributed by atoms with Crippen molar-refractivity contribution in [2.45, 2.75) is 19.9 Å². The van der Waals surface area contributed by atoms with E-state index in [2.05, 4.69) is 10.6 Å². The summed E-state index contributed by atoms with van der Waals surface area (Å²) in [4.78, 5) is 35.7. The molecule has 3 aromatic rings. The normalized spacial score (nSPS) is 10.3. The van der Waals surface area contributed by atoms with Gasteiger partial charge in [-0.05, 0) is 47.5 Å². The molecule has 0 aliphatic carbocycles. The summed E-state index contributed by atoms with van der Waals surface area (Å²) in [6.45, 7) is 1.52. The quantitative estimate of drug-likeness (QED) is 0.449. The Kier molecular flexibility index (Phi) is 7.11. The predicted octanol–water partition coefficient (Wildman–Crippen LogP) is 3.86. The molecular formula is C24H21FN2O4. The minimum absolute atomic E-state index is 0.0538. The fourth-order valence-electron chi connectivity index (χ4n) is 2.91. The van der Waals surface area contributed by atoms with Crippen molar-refractivity contribution in [2.75, 3.05) is 5.32 Å². The van der Waals surface area contributed by atoms with Crippen LogP contribution in [-0.2, 0) is 22.6 Å². The van der Waals surface area contributed by atoms with Crippen LogP contribution in [0.2, 0.25) is 0 Å². The van der Waals surface area contributed by atoms with Gasteiger partial charge in [-0.3, -0.25) is 14.4 Å². The van der Waals surface area contributed by atoms with Crippen molar-refractivity contribution in [3.05, 3.63) is 95.3 Å². The van der Waals surface area contributed by atoms with Crippen LogP contribution in [0.5, 0.6) is 5.75 Å². The number of anilines is 1. The van der Waals surface area contributed by atoms with Gasteiger partial charge in [0.1, 0.15) is 11.6 Å². The van der Waals surface area contributed by atoms with E-state index in [1.165, 1.54) is 19.1 Å². The van der Waals surface area contributed by atoms with Crippen molar-refractivity contribution in [3.63, 3.8) is 0 Å². The number of carbonyl (C=O) groups excluding carboxylic acids is 3. The van der Waals surface area contributed by atoms with Gasteiger partial charge in [-0.15, -0.1) is 0 Å². The zero-order valence-corrected chi connectivity index (χ0v) is 16.9. The van der Waals surface area contributed by atoms with Gasteiger partial charge in [-0.25, -0.2) is 4.39 Å². The van der Waals surface area contributed by atoms with E-state index in [1.54, 1.807) is 60.7 Å². The average Bonchev–Trinajstić information content (AvgIpc) is 2.74. The van der Waals surface area contributed by atoms with Crippen molar-refractivity contribution >= 4 is 23.5 Å². The third-order valence-electron chi connectivity index (χ3n) is 4.34. The number of esters is 1. The molecule has 0 heterocycles. The van der Waals surface area contributed by atoms with E-state index in [9.17, 15) is 18.8 Å². The summed E-state index contributed by atoms with van der Waals surface area (Å²) in [6.07, 6.45) is -0.0538. The Morgan fingerprint density at radius 2 is 1.71 bits per heavy atom. The van der Waals surface area contributed by atoms with E-state index >= 15 is 0 Å². The van der Waals surface area contributed by atoms with Gasteiger partial charge in [0.15, 0.2) is 0 Å². The highest BCUT2D eigenvalue weighted by molar-refractivity contribution is 6.04. The average molecular weight is 420 g/mol. The first kappa shape index (κ1) is 21.7. The maximum atomic E-state index is 13.7. The molecule has 3 aromatic carbocycles. The highest BCUT2D eigenvalue weighted by atomic mass is 19.1. The van der Waals surface area contributed by atoms with Gasteiger partial charge in [0.25, 0.3) is 5.91 Å². The molecule has 6 nitrogen and oxygen atoms in total. The molecule has 3 rings (SSSR count). The smallest absolute Gasteiger partial charge is 0.308 e. The number of benzene rings is 3. The molecule has 2 N–H and O–H groups in total. The van der Waals surface area contributed by atoms with E-state index in [-0.39, 0.29) is 30.5 Å². The Bertz CT molecular complexity index is 1110. The molecule has 0 atom stereocenters. The number of hydrogen-bond acceptors (Lipinski definition) is 4. The maximum Gasteiger partial charge on any atom is 0.308 e. The van der Waals surface area contributed by atoms with Crippen molar-refractivity contribution in [2.24, 2.45) is 0 Å². The molecule has 0 saturated carbocycles. The van der Waals surface area contributed by atoms with Crippen LogP contribution in [0.15, 0.2) is 72.8 Å². The van der Waals surface area contributed by atoms with Crippen LogP contribution in [0, 0.1) is 5.82 Å². The minimum atomic E-state index is -0.470. The largest absolute Gasteiger partial charge is 0.427 e. The summed E-state index contributed by atoms with van der Waals surface area (Å²) in [5.41, 5.74) is 1.98. The molecule has 0 unspecified atom stereocenters. The highest BCUT2D eigenvalue weighted by Crippen LogP contribution is 2.17. The number of carbonyl (C=O) groups is 3. The number of hydrogen-bond donors (Lipinski definition) is 2. The van der Waals surface area contributed by atoms with Crippen molar-refractivity contribution in [1.82, 2.24) is 5.32 Å². The highest BCUT2D eigenvalue weighted by Gasteiger charge is 2.10. The first-order chi connectivity index (χ1) is 14.9. The Balaban J connectivity index is 1.59. The lowest BCUT2D eigenvalue weighted by Gasteiger charge is -2.10. The fraction of sp³-hybridized carbons (Fsp3) is 0.125. The molecule has 0 bridgehead atoms. The molecule has 0 radical (unpaired) electrons. The molecule has 7 heteroatoms. The summed E-state index contributed by atoms with van der Waals surface area (Å²) in [5, 5.41) is 5.52. The van der Waals surface area contributed by atoms with Gasteiger partial charge < -0.3 is 15.4 Å². The second kappa shape index (κ2) is 10.2. The van der Waals surface area contributed by atoms with Crippen molar-refractivity contribution in [3.8, 4) is 5.75 Å². The number of halogens is 1. The lowest BCUT2D eigenvalue weighted by atomic mass is 10.1.